The second-order valence-corrected chi connectivity index (χ2v) is 2.89. The Morgan fingerprint density at radius 2 is 1.90 bits per heavy atom. The van der Waals surface area contributed by atoms with Gasteiger partial charge in [-0.2, -0.15) is 0 Å². The molecular weight excluding hydrogens is 144 g/mol. The molecule has 62 valence electrons. The van der Waals surface area contributed by atoms with Crippen LogP contribution >= 0.6 is 0 Å². The monoisotopic (exact) mass is 162 g/mol. The highest BCUT2D eigenvalue weighted by molar-refractivity contribution is 5.97. The highest BCUT2D eigenvalue weighted by Gasteiger charge is 1.86. The van der Waals surface area contributed by atoms with Gasteiger partial charge in [0.05, 0.1) is 13.2 Å². The lowest BCUT2D eigenvalue weighted by Crippen LogP contribution is -2.03. The normalized spacial score (nSPS) is 10.5. The molecule has 0 saturated heterocycles. The van der Waals surface area contributed by atoms with Crippen molar-refractivity contribution in [2.45, 2.75) is 26.2 Å². The van der Waals surface area contributed by atoms with E-state index in [1.807, 2.05) is 0 Å². The summed E-state index contributed by atoms with van der Waals surface area (Å²) in [7, 11) is 0.829. The molecule has 0 aromatic rings. The Balaban J connectivity index is 2.65. The lowest BCUT2D eigenvalue weighted by molar-refractivity contribution is 0.100. The van der Waals surface area contributed by atoms with Gasteiger partial charge in [0.15, 0.2) is 0 Å². The minimum atomic E-state index is 0.771. The SMILES string of the molecule is CCCCCOCCO[SiH3]. The van der Waals surface area contributed by atoms with E-state index in [0.717, 1.165) is 30.3 Å². The summed E-state index contributed by atoms with van der Waals surface area (Å²) >= 11 is 0. The number of hydrogen-bond donors (Lipinski definition) is 0. The van der Waals surface area contributed by atoms with Crippen LogP contribution in [0.3, 0.4) is 0 Å². The Bertz CT molecular complexity index is 51.6. The van der Waals surface area contributed by atoms with E-state index < -0.39 is 0 Å². The van der Waals surface area contributed by atoms with Gasteiger partial charge < -0.3 is 9.16 Å². The topological polar surface area (TPSA) is 18.5 Å². The Morgan fingerprint density at radius 3 is 2.50 bits per heavy atom. The molecule has 0 N–H and O–H groups in total. The molecule has 0 bridgehead atoms. The van der Waals surface area contributed by atoms with E-state index in [9.17, 15) is 0 Å². The highest BCUT2D eigenvalue weighted by atomic mass is 28.2. The van der Waals surface area contributed by atoms with Crippen LogP contribution in [-0.4, -0.2) is 30.3 Å². The summed E-state index contributed by atoms with van der Waals surface area (Å²) in [6.45, 7) is 4.64. The van der Waals surface area contributed by atoms with E-state index in [4.69, 9.17) is 9.16 Å². The zero-order valence-corrected chi connectivity index (χ0v) is 9.06. The van der Waals surface area contributed by atoms with Gasteiger partial charge in [0.1, 0.15) is 10.5 Å². The Hall–Kier alpha value is 0.137. The van der Waals surface area contributed by atoms with E-state index in [1.54, 1.807) is 0 Å². The molecule has 0 aliphatic carbocycles. The maximum atomic E-state index is 5.27. The van der Waals surface area contributed by atoms with Crippen LogP contribution in [0.5, 0.6) is 0 Å². The van der Waals surface area contributed by atoms with Gasteiger partial charge in [-0.05, 0) is 6.42 Å². The largest absolute Gasteiger partial charge is 0.426 e. The summed E-state index contributed by atoms with van der Waals surface area (Å²) < 4.78 is 10.2. The van der Waals surface area contributed by atoms with Gasteiger partial charge in [-0.1, -0.05) is 19.8 Å². The fraction of sp³-hybridized carbons (Fsp3) is 1.00. The number of rotatable bonds is 7. The van der Waals surface area contributed by atoms with Crippen molar-refractivity contribution >= 4 is 10.5 Å². The van der Waals surface area contributed by atoms with Gasteiger partial charge in [-0.15, -0.1) is 0 Å². The first-order valence-electron chi connectivity index (χ1n) is 3.98. The van der Waals surface area contributed by atoms with Crippen molar-refractivity contribution in [3.05, 3.63) is 0 Å². The lowest BCUT2D eigenvalue weighted by atomic mass is 10.3. The van der Waals surface area contributed by atoms with E-state index >= 15 is 0 Å². The fourth-order valence-corrected chi connectivity index (χ4v) is 0.865. The third-order valence-electron chi connectivity index (χ3n) is 1.32. The molecule has 3 heteroatoms. The van der Waals surface area contributed by atoms with Gasteiger partial charge in [0.25, 0.3) is 0 Å². The first-order chi connectivity index (χ1) is 4.91. The van der Waals surface area contributed by atoms with Crippen molar-refractivity contribution in [2.24, 2.45) is 0 Å². The zero-order valence-electron chi connectivity index (χ0n) is 7.06. The van der Waals surface area contributed by atoms with Crippen LogP contribution in [0, 0.1) is 0 Å². The molecule has 2 nitrogen and oxygen atoms in total. The van der Waals surface area contributed by atoms with Gasteiger partial charge in [0.2, 0.25) is 0 Å². The summed E-state index contributed by atoms with van der Waals surface area (Å²) in [5, 5.41) is 0. The minimum Gasteiger partial charge on any atom is -0.426 e. The third-order valence-corrected chi connectivity index (χ3v) is 1.73. The average Bonchev–Trinajstić information content (AvgIpc) is 1.97. The summed E-state index contributed by atoms with van der Waals surface area (Å²) in [4.78, 5) is 0. The van der Waals surface area contributed by atoms with E-state index in [0.29, 0.717) is 0 Å². The summed E-state index contributed by atoms with van der Waals surface area (Å²) in [6, 6.07) is 0. The smallest absolute Gasteiger partial charge is 0.146 e. The standard InChI is InChI=1S/C7H18O2Si/c1-2-3-4-5-8-6-7-9-10/h2-7H2,1,10H3. The predicted octanol–water partition coefficient (Wildman–Crippen LogP) is 0.490. The van der Waals surface area contributed by atoms with Crippen molar-refractivity contribution in [1.29, 1.82) is 0 Å². The van der Waals surface area contributed by atoms with Gasteiger partial charge in [-0.3, -0.25) is 0 Å². The van der Waals surface area contributed by atoms with Gasteiger partial charge in [0, 0.05) is 6.61 Å². The van der Waals surface area contributed by atoms with Crippen molar-refractivity contribution in [2.75, 3.05) is 19.8 Å². The van der Waals surface area contributed by atoms with E-state index in [2.05, 4.69) is 6.92 Å². The van der Waals surface area contributed by atoms with Crippen molar-refractivity contribution in [1.82, 2.24) is 0 Å². The number of unbranched alkanes of at least 4 members (excludes halogenated alkanes) is 2. The molecule has 0 aliphatic heterocycles. The minimum absolute atomic E-state index is 0.771. The molecule has 0 radical (unpaired) electrons. The summed E-state index contributed by atoms with van der Waals surface area (Å²) in [5.74, 6) is 0. The molecule has 0 amide bonds. The third kappa shape index (κ3) is 8.14. The molecule has 0 saturated carbocycles. The molecule has 0 fully saturated rings. The molecule has 0 spiro atoms. The Morgan fingerprint density at radius 1 is 1.10 bits per heavy atom. The zero-order chi connectivity index (χ0) is 7.66. The molecule has 10 heavy (non-hydrogen) atoms. The average molecular weight is 162 g/mol. The quantitative estimate of drug-likeness (QED) is 0.401. The molecule has 0 rings (SSSR count). The molecule has 0 aliphatic rings. The second-order valence-electron chi connectivity index (χ2n) is 2.31. The summed E-state index contributed by atoms with van der Waals surface area (Å²) in [5.41, 5.74) is 0. The second kappa shape index (κ2) is 9.14. The molecule has 0 heterocycles. The van der Waals surface area contributed by atoms with Gasteiger partial charge in [-0.25, -0.2) is 0 Å². The van der Waals surface area contributed by atoms with E-state index in [-0.39, 0.29) is 0 Å². The van der Waals surface area contributed by atoms with Crippen molar-refractivity contribution < 1.29 is 9.16 Å². The van der Waals surface area contributed by atoms with Crippen molar-refractivity contribution in [3.8, 4) is 0 Å². The summed E-state index contributed by atoms with van der Waals surface area (Å²) in [6.07, 6.45) is 3.74. The van der Waals surface area contributed by atoms with Crippen LogP contribution in [0.1, 0.15) is 26.2 Å². The Kier molecular flexibility index (Phi) is 9.26. The maximum Gasteiger partial charge on any atom is 0.146 e. The first kappa shape index (κ1) is 10.1. The van der Waals surface area contributed by atoms with E-state index in [1.165, 1.54) is 19.3 Å². The highest BCUT2D eigenvalue weighted by Crippen LogP contribution is 1.93. The molecule has 0 aromatic heterocycles. The maximum absolute atomic E-state index is 5.27. The van der Waals surface area contributed by atoms with Crippen LogP contribution in [0.25, 0.3) is 0 Å². The van der Waals surface area contributed by atoms with Crippen LogP contribution in [-0.2, 0) is 9.16 Å². The number of hydrogen-bond acceptors (Lipinski definition) is 2. The van der Waals surface area contributed by atoms with Crippen molar-refractivity contribution in [3.63, 3.8) is 0 Å². The van der Waals surface area contributed by atoms with Gasteiger partial charge >= 0.3 is 0 Å². The number of ether oxygens (including phenoxy) is 1. The molecule has 0 atom stereocenters. The Labute approximate surface area is 66.5 Å². The molecule has 0 aromatic carbocycles. The lowest BCUT2D eigenvalue weighted by Gasteiger charge is -2.01. The molecule has 0 unspecified atom stereocenters. The fourth-order valence-electron chi connectivity index (χ4n) is 0.698. The first-order valence-corrected chi connectivity index (χ1v) is 4.80. The molecular formula is C7H18O2Si. The van der Waals surface area contributed by atoms with Crippen LogP contribution < -0.4 is 0 Å². The predicted molar refractivity (Wildman–Crippen MR) is 46.2 cm³/mol. The van der Waals surface area contributed by atoms with Crippen LogP contribution in [0.15, 0.2) is 0 Å². The van der Waals surface area contributed by atoms with Crippen LogP contribution in [0.4, 0.5) is 0 Å². The van der Waals surface area contributed by atoms with Crippen LogP contribution in [0.2, 0.25) is 0 Å².